The van der Waals surface area contributed by atoms with Gasteiger partial charge in [0.05, 0.1) is 17.8 Å². The first kappa shape index (κ1) is 12.2. The number of halogens is 1. The van der Waals surface area contributed by atoms with Gasteiger partial charge in [0, 0.05) is 13.2 Å². The van der Waals surface area contributed by atoms with Crippen molar-refractivity contribution in [1.82, 2.24) is 9.97 Å². The van der Waals surface area contributed by atoms with Crippen molar-refractivity contribution in [3.05, 3.63) is 10.7 Å². The van der Waals surface area contributed by atoms with Gasteiger partial charge in [-0.3, -0.25) is 0 Å². The lowest BCUT2D eigenvalue weighted by Crippen LogP contribution is -2.16. The molecule has 1 heterocycles. The van der Waals surface area contributed by atoms with Crippen molar-refractivity contribution in [2.75, 3.05) is 25.6 Å². The van der Waals surface area contributed by atoms with Gasteiger partial charge in [0.15, 0.2) is 0 Å². The average Bonchev–Trinajstić information content (AvgIpc) is 2.27. The molecule has 0 aliphatic carbocycles. The van der Waals surface area contributed by atoms with E-state index in [2.05, 4.69) is 31.2 Å². The lowest BCUT2D eigenvalue weighted by Gasteiger charge is -2.10. The molecule has 5 nitrogen and oxygen atoms in total. The zero-order chi connectivity index (χ0) is 11.3. The highest BCUT2D eigenvalue weighted by Crippen LogP contribution is 2.21. The fraction of sp³-hybridized carbons (Fsp3) is 0.556. The van der Waals surface area contributed by atoms with E-state index < -0.39 is 0 Å². The fourth-order valence-electron chi connectivity index (χ4n) is 0.910. The first-order chi connectivity index (χ1) is 7.17. The quantitative estimate of drug-likeness (QED) is 0.848. The van der Waals surface area contributed by atoms with Crippen LogP contribution in [0.2, 0.25) is 0 Å². The molecule has 1 rings (SSSR count). The van der Waals surface area contributed by atoms with Gasteiger partial charge in [-0.15, -0.1) is 0 Å². The molecular weight excluding hydrogens is 262 g/mol. The Bertz CT molecular complexity index is 322. The second kappa shape index (κ2) is 5.87. The third-order valence-corrected chi connectivity index (χ3v) is 2.37. The zero-order valence-electron chi connectivity index (χ0n) is 8.70. The number of rotatable bonds is 5. The Labute approximate surface area is 97.0 Å². The summed E-state index contributed by atoms with van der Waals surface area (Å²) in [5.74, 6) is 1.16. The first-order valence-electron chi connectivity index (χ1n) is 4.58. The summed E-state index contributed by atoms with van der Waals surface area (Å²) in [6, 6.07) is 0. The maximum Gasteiger partial charge on any atom is 0.232 e. The van der Waals surface area contributed by atoms with E-state index in [4.69, 9.17) is 9.84 Å². The molecule has 0 saturated carbocycles. The fourth-order valence-corrected chi connectivity index (χ4v) is 1.26. The number of hydrogen-bond acceptors (Lipinski definition) is 5. The number of hydrogen-bond donors (Lipinski definition) is 2. The van der Waals surface area contributed by atoms with Crippen LogP contribution in [0.5, 0.6) is 5.88 Å². The molecule has 0 spiro atoms. The Balaban J connectivity index is 2.62. The van der Waals surface area contributed by atoms with Crippen LogP contribution >= 0.6 is 15.9 Å². The van der Waals surface area contributed by atoms with Crippen LogP contribution < -0.4 is 10.1 Å². The Morgan fingerprint density at radius 1 is 1.67 bits per heavy atom. The topological polar surface area (TPSA) is 67.3 Å². The van der Waals surface area contributed by atoms with E-state index in [9.17, 15) is 0 Å². The average molecular weight is 276 g/mol. The molecule has 1 unspecified atom stereocenters. The molecule has 1 aromatic rings. The number of anilines is 1. The summed E-state index contributed by atoms with van der Waals surface area (Å²) in [7, 11) is 1.55. The Kier molecular flexibility index (Phi) is 4.77. The molecule has 0 saturated heterocycles. The van der Waals surface area contributed by atoms with Crippen LogP contribution in [-0.2, 0) is 0 Å². The lowest BCUT2D eigenvalue weighted by atomic mass is 10.2. The standard InChI is InChI=1S/C9H14BrN3O2/c1-6(5-14)3-11-9-12-4-7(10)8(13-9)15-2/h4,6,14H,3,5H2,1-2H3,(H,11,12,13). The Morgan fingerprint density at radius 3 is 3.00 bits per heavy atom. The Hall–Kier alpha value is -0.880. The van der Waals surface area contributed by atoms with Gasteiger partial charge in [0.1, 0.15) is 0 Å². The molecule has 0 fully saturated rings. The van der Waals surface area contributed by atoms with Gasteiger partial charge in [-0.2, -0.15) is 4.98 Å². The van der Waals surface area contributed by atoms with E-state index in [0.717, 1.165) is 0 Å². The van der Waals surface area contributed by atoms with Crippen LogP contribution in [0.3, 0.4) is 0 Å². The van der Waals surface area contributed by atoms with Crippen molar-refractivity contribution in [1.29, 1.82) is 0 Å². The van der Waals surface area contributed by atoms with E-state index in [1.807, 2.05) is 6.92 Å². The SMILES string of the molecule is COc1nc(NCC(C)CO)ncc1Br. The normalized spacial score (nSPS) is 12.3. The molecule has 15 heavy (non-hydrogen) atoms. The lowest BCUT2D eigenvalue weighted by molar-refractivity contribution is 0.244. The van der Waals surface area contributed by atoms with Crippen molar-refractivity contribution in [3.8, 4) is 5.88 Å². The van der Waals surface area contributed by atoms with Crippen LogP contribution in [0.25, 0.3) is 0 Å². The predicted molar refractivity (Wildman–Crippen MR) is 61.0 cm³/mol. The van der Waals surface area contributed by atoms with Gasteiger partial charge in [-0.05, 0) is 21.8 Å². The summed E-state index contributed by atoms with van der Waals surface area (Å²) < 4.78 is 5.75. The van der Waals surface area contributed by atoms with Crippen molar-refractivity contribution < 1.29 is 9.84 Å². The molecule has 2 N–H and O–H groups in total. The molecule has 0 aliphatic rings. The van der Waals surface area contributed by atoms with Crippen LogP contribution in [0.4, 0.5) is 5.95 Å². The van der Waals surface area contributed by atoms with Crippen molar-refractivity contribution >= 4 is 21.9 Å². The van der Waals surface area contributed by atoms with E-state index in [0.29, 0.717) is 22.8 Å². The van der Waals surface area contributed by atoms with Crippen LogP contribution in [0.15, 0.2) is 10.7 Å². The molecule has 0 bridgehead atoms. The second-order valence-electron chi connectivity index (χ2n) is 3.22. The highest BCUT2D eigenvalue weighted by atomic mass is 79.9. The summed E-state index contributed by atoms with van der Waals surface area (Å²) in [6.07, 6.45) is 1.62. The third-order valence-electron chi connectivity index (χ3n) is 1.83. The van der Waals surface area contributed by atoms with Crippen LogP contribution in [0.1, 0.15) is 6.92 Å². The molecule has 0 amide bonds. The third kappa shape index (κ3) is 3.64. The molecule has 1 atom stereocenters. The molecule has 6 heteroatoms. The van der Waals surface area contributed by atoms with E-state index >= 15 is 0 Å². The smallest absolute Gasteiger partial charge is 0.232 e. The maximum atomic E-state index is 8.84. The van der Waals surface area contributed by atoms with Gasteiger partial charge in [-0.25, -0.2) is 4.98 Å². The summed E-state index contributed by atoms with van der Waals surface area (Å²) >= 11 is 3.27. The number of ether oxygens (including phenoxy) is 1. The predicted octanol–water partition coefficient (Wildman–Crippen LogP) is 1.29. The molecule has 0 radical (unpaired) electrons. The summed E-state index contributed by atoms with van der Waals surface area (Å²) in [5.41, 5.74) is 0. The minimum atomic E-state index is 0.140. The van der Waals surface area contributed by atoms with Gasteiger partial charge in [0.25, 0.3) is 0 Å². The van der Waals surface area contributed by atoms with Crippen molar-refractivity contribution in [2.45, 2.75) is 6.92 Å². The van der Waals surface area contributed by atoms with Crippen LogP contribution in [-0.4, -0.2) is 35.3 Å². The second-order valence-corrected chi connectivity index (χ2v) is 4.07. The summed E-state index contributed by atoms with van der Waals surface area (Å²) in [4.78, 5) is 8.19. The van der Waals surface area contributed by atoms with E-state index in [1.54, 1.807) is 13.3 Å². The number of nitrogens with one attached hydrogen (secondary N) is 1. The monoisotopic (exact) mass is 275 g/mol. The van der Waals surface area contributed by atoms with E-state index in [1.165, 1.54) is 0 Å². The molecule has 1 aromatic heterocycles. The molecular formula is C9H14BrN3O2. The zero-order valence-corrected chi connectivity index (χ0v) is 10.3. The van der Waals surface area contributed by atoms with Gasteiger partial charge >= 0.3 is 0 Å². The molecule has 0 aliphatic heterocycles. The molecule has 84 valence electrons. The number of aliphatic hydroxyl groups excluding tert-OH is 1. The summed E-state index contributed by atoms with van der Waals surface area (Å²) in [6.45, 7) is 2.70. The van der Waals surface area contributed by atoms with Crippen LogP contribution in [0, 0.1) is 5.92 Å². The number of nitrogens with zero attached hydrogens (tertiary/aromatic N) is 2. The maximum absolute atomic E-state index is 8.84. The number of methoxy groups -OCH3 is 1. The highest BCUT2D eigenvalue weighted by Gasteiger charge is 2.05. The van der Waals surface area contributed by atoms with Crippen molar-refractivity contribution in [3.63, 3.8) is 0 Å². The largest absolute Gasteiger partial charge is 0.480 e. The number of aliphatic hydroxyl groups is 1. The van der Waals surface area contributed by atoms with E-state index in [-0.39, 0.29) is 12.5 Å². The first-order valence-corrected chi connectivity index (χ1v) is 5.38. The van der Waals surface area contributed by atoms with Gasteiger partial charge in [0.2, 0.25) is 11.8 Å². The number of aromatic nitrogens is 2. The van der Waals surface area contributed by atoms with Crippen molar-refractivity contribution in [2.24, 2.45) is 5.92 Å². The Morgan fingerprint density at radius 2 is 2.40 bits per heavy atom. The van der Waals surface area contributed by atoms with Gasteiger partial charge < -0.3 is 15.2 Å². The van der Waals surface area contributed by atoms with Gasteiger partial charge in [-0.1, -0.05) is 6.92 Å². The highest BCUT2D eigenvalue weighted by molar-refractivity contribution is 9.10. The minimum absolute atomic E-state index is 0.140. The molecule has 0 aromatic carbocycles. The minimum Gasteiger partial charge on any atom is -0.480 e. The summed E-state index contributed by atoms with van der Waals surface area (Å²) in [5, 5.41) is 11.9.